The van der Waals surface area contributed by atoms with Gasteiger partial charge in [-0.1, -0.05) is 19.1 Å². The van der Waals surface area contributed by atoms with Crippen molar-refractivity contribution in [1.82, 2.24) is 14.2 Å². The van der Waals surface area contributed by atoms with Gasteiger partial charge in [0, 0.05) is 50.4 Å². The van der Waals surface area contributed by atoms with Crippen molar-refractivity contribution in [2.24, 2.45) is 5.92 Å². The van der Waals surface area contributed by atoms with Gasteiger partial charge in [-0.3, -0.25) is 9.78 Å². The maximum absolute atomic E-state index is 13.5. The largest absolute Gasteiger partial charge is 0.487 e. The summed E-state index contributed by atoms with van der Waals surface area (Å²) >= 11 is 0. The van der Waals surface area contributed by atoms with Crippen LogP contribution in [0.2, 0.25) is 0 Å². The van der Waals surface area contributed by atoms with Gasteiger partial charge in [-0.15, -0.1) is 0 Å². The van der Waals surface area contributed by atoms with Gasteiger partial charge in [0.15, 0.2) is 0 Å². The molecule has 1 amide bonds. The number of hydrogen-bond donors (Lipinski definition) is 1. The molecule has 1 aromatic heterocycles. The number of aliphatic hydroxyl groups is 1. The predicted octanol–water partition coefficient (Wildman–Crippen LogP) is 2.00. The lowest BCUT2D eigenvalue weighted by Gasteiger charge is -2.37. The number of likely N-dealkylation sites (N-methyl/N-ethyl adjacent to an activating group) is 1. The Labute approximate surface area is 183 Å². The fraction of sp³-hybridized carbons (Fsp3) is 0.455. The number of rotatable bonds is 5. The Balaban J connectivity index is 2.13. The standard InChI is InChI=1S/C22H29N3O5S/c1-15-12-25(16(2)14-26)31(28,29)22-8-7-18(19-6-5-9-23-11-19)10-20(22)30-21(15)13-24(4)17(3)27/h5-11,15-16,21,26H,12-14H2,1-4H3/t15-,16-,21+/m1/s1. The number of carbonyl (C=O) groups excluding carboxylic acids is 1. The van der Waals surface area contributed by atoms with Crippen molar-refractivity contribution in [2.45, 2.75) is 37.8 Å². The highest BCUT2D eigenvalue weighted by Crippen LogP contribution is 2.36. The second-order valence-corrected chi connectivity index (χ2v) is 9.90. The van der Waals surface area contributed by atoms with Crippen LogP contribution in [-0.2, 0) is 14.8 Å². The van der Waals surface area contributed by atoms with Crippen LogP contribution in [0.15, 0.2) is 47.6 Å². The number of nitrogens with zero attached hydrogens (tertiary/aromatic N) is 3. The van der Waals surface area contributed by atoms with Gasteiger partial charge in [0.25, 0.3) is 0 Å². The van der Waals surface area contributed by atoms with Crippen LogP contribution in [0.4, 0.5) is 0 Å². The summed E-state index contributed by atoms with van der Waals surface area (Å²) in [5.74, 6) is -0.0961. The van der Waals surface area contributed by atoms with Crippen molar-refractivity contribution in [3.63, 3.8) is 0 Å². The lowest BCUT2D eigenvalue weighted by molar-refractivity contribution is -0.129. The van der Waals surface area contributed by atoms with Crippen LogP contribution in [0, 0.1) is 5.92 Å². The molecule has 8 nitrogen and oxygen atoms in total. The lowest BCUT2D eigenvalue weighted by Crippen LogP contribution is -2.50. The number of sulfonamides is 1. The zero-order chi connectivity index (χ0) is 22.8. The zero-order valence-corrected chi connectivity index (χ0v) is 19.0. The van der Waals surface area contributed by atoms with Gasteiger partial charge >= 0.3 is 0 Å². The minimum absolute atomic E-state index is 0.0443. The molecule has 0 fully saturated rings. The lowest BCUT2D eigenvalue weighted by atomic mass is 10.0. The number of ether oxygens (including phenoxy) is 1. The van der Waals surface area contributed by atoms with Crippen molar-refractivity contribution in [3.05, 3.63) is 42.7 Å². The number of amides is 1. The highest BCUT2D eigenvalue weighted by molar-refractivity contribution is 7.89. The maximum Gasteiger partial charge on any atom is 0.247 e. The Morgan fingerprint density at radius 2 is 2.10 bits per heavy atom. The van der Waals surface area contributed by atoms with Crippen molar-refractivity contribution in [1.29, 1.82) is 0 Å². The molecular weight excluding hydrogens is 418 g/mol. The number of aromatic nitrogens is 1. The summed E-state index contributed by atoms with van der Waals surface area (Å²) in [6.45, 7) is 5.23. The van der Waals surface area contributed by atoms with Crippen molar-refractivity contribution < 1.29 is 23.1 Å². The molecule has 0 radical (unpaired) electrons. The molecule has 0 bridgehead atoms. The molecule has 2 aromatic rings. The fourth-order valence-corrected chi connectivity index (χ4v) is 5.38. The van der Waals surface area contributed by atoms with Gasteiger partial charge in [0.1, 0.15) is 16.7 Å². The topological polar surface area (TPSA) is 100 Å². The monoisotopic (exact) mass is 447 g/mol. The second-order valence-electron chi connectivity index (χ2n) is 8.04. The van der Waals surface area contributed by atoms with Gasteiger partial charge in [-0.2, -0.15) is 4.31 Å². The van der Waals surface area contributed by atoms with E-state index < -0.39 is 22.2 Å². The number of fused-ring (bicyclic) bond motifs is 1. The van der Waals surface area contributed by atoms with Crippen LogP contribution in [0.5, 0.6) is 5.75 Å². The molecule has 0 aliphatic carbocycles. The number of aliphatic hydroxyl groups excluding tert-OH is 1. The summed E-state index contributed by atoms with van der Waals surface area (Å²) in [5, 5.41) is 9.70. The van der Waals surface area contributed by atoms with E-state index in [1.807, 2.05) is 13.0 Å². The van der Waals surface area contributed by atoms with Crippen LogP contribution in [0.3, 0.4) is 0 Å². The first-order chi connectivity index (χ1) is 14.6. The van der Waals surface area contributed by atoms with Crippen LogP contribution < -0.4 is 4.74 Å². The molecule has 2 heterocycles. The Hall–Kier alpha value is -2.49. The van der Waals surface area contributed by atoms with Crippen molar-refractivity contribution >= 4 is 15.9 Å². The van der Waals surface area contributed by atoms with E-state index in [1.165, 1.54) is 17.3 Å². The molecule has 31 heavy (non-hydrogen) atoms. The quantitative estimate of drug-likeness (QED) is 0.753. The van der Waals surface area contributed by atoms with Crippen molar-refractivity contribution in [2.75, 3.05) is 26.7 Å². The van der Waals surface area contributed by atoms with E-state index in [-0.39, 0.29) is 35.6 Å². The molecule has 1 aromatic carbocycles. The Morgan fingerprint density at radius 3 is 2.71 bits per heavy atom. The van der Waals surface area contributed by atoms with E-state index in [9.17, 15) is 18.3 Å². The molecule has 0 unspecified atom stereocenters. The highest BCUT2D eigenvalue weighted by Gasteiger charge is 2.38. The van der Waals surface area contributed by atoms with Gasteiger partial charge in [-0.25, -0.2) is 8.42 Å². The highest BCUT2D eigenvalue weighted by atomic mass is 32.2. The van der Waals surface area contributed by atoms with Crippen LogP contribution in [0.25, 0.3) is 11.1 Å². The summed E-state index contributed by atoms with van der Waals surface area (Å²) in [7, 11) is -2.21. The van der Waals surface area contributed by atoms with Crippen LogP contribution in [-0.4, -0.2) is 72.5 Å². The van der Waals surface area contributed by atoms with E-state index in [2.05, 4.69) is 4.98 Å². The van der Waals surface area contributed by atoms with Crippen LogP contribution >= 0.6 is 0 Å². The first-order valence-corrected chi connectivity index (χ1v) is 11.6. The minimum atomic E-state index is -3.90. The molecule has 1 aliphatic heterocycles. The molecule has 1 aliphatic rings. The Bertz CT molecular complexity index is 1030. The van der Waals surface area contributed by atoms with Crippen LogP contribution in [0.1, 0.15) is 20.8 Å². The van der Waals surface area contributed by atoms with Gasteiger partial charge in [-0.05, 0) is 30.7 Å². The molecule has 1 N–H and O–H groups in total. The molecule has 3 rings (SSSR count). The number of hydrogen-bond acceptors (Lipinski definition) is 6. The maximum atomic E-state index is 13.5. The third kappa shape index (κ3) is 4.89. The molecular formula is C22H29N3O5S. The smallest absolute Gasteiger partial charge is 0.247 e. The molecule has 168 valence electrons. The van der Waals surface area contributed by atoms with Gasteiger partial charge < -0.3 is 14.7 Å². The fourth-order valence-electron chi connectivity index (χ4n) is 3.56. The van der Waals surface area contributed by atoms with E-state index in [0.717, 1.165) is 11.1 Å². The van der Waals surface area contributed by atoms with E-state index in [4.69, 9.17) is 4.74 Å². The predicted molar refractivity (Wildman–Crippen MR) is 117 cm³/mol. The van der Waals surface area contributed by atoms with Gasteiger partial charge in [0.2, 0.25) is 15.9 Å². The Morgan fingerprint density at radius 1 is 1.35 bits per heavy atom. The molecule has 0 spiro atoms. The summed E-state index contributed by atoms with van der Waals surface area (Å²) in [6.07, 6.45) is 2.94. The SMILES string of the molecule is CC(=O)N(C)C[C@@H]1Oc2cc(-c3cccnc3)ccc2S(=O)(=O)N([C@H](C)CO)C[C@H]1C. The van der Waals surface area contributed by atoms with E-state index in [0.29, 0.717) is 6.54 Å². The molecule has 3 atom stereocenters. The average molecular weight is 448 g/mol. The third-order valence-corrected chi connectivity index (χ3v) is 7.67. The average Bonchev–Trinajstić information content (AvgIpc) is 2.75. The molecule has 0 saturated heterocycles. The van der Waals surface area contributed by atoms with E-state index in [1.54, 1.807) is 49.5 Å². The second kappa shape index (κ2) is 9.33. The van der Waals surface area contributed by atoms with E-state index >= 15 is 0 Å². The first-order valence-electron chi connectivity index (χ1n) is 10.2. The van der Waals surface area contributed by atoms with Crippen molar-refractivity contribution in [3.8, 4) is 16.9 Å². The summed E-state index contributed by atoms with van der Waals surface area (Å²) in [5.41, 5.74) is 1.61. The number of benzene rings is 1. The normalized spacial score (nSPS) is 21.8. The Kier molecular flexibility index (Phi) is 6.98. The number of carbonyl (C=O) groups is 1. The zero-order valence-electron chi connectivity index (χ0n) is 18.2. The molecule has 9 heteroatoms. The minimum Gasteiger partial charge on any atom is -0.487 e. The number of pyridine rings is 1. The summed E-state index contributed by atoms with van der Waals surface area (Å²) < 4.78 is 34.5. The first kappa shape index (κ1) is 23.2. The summed E-state index contributed by atoms with van der Waals surface area (Å²) in [6, 6.07) is 8.05. The van der Waals surface area contributed by atoms with Gasteiger partial charge in [0.05, 0.1) is 13.2 Å². The molecule has 0 saturated carbocycles. The summed E-state index contributed by atoms with van der Waals surface area (Å²) in [4.78, 5) is 17.5. The third-order valence-electron chi connectivity index (χ3n) is 5.65.